The van der Waals surface area contributed by atoms with Crippen LogP contribution in [0.5, 0.6) is 0 Å². The predicted molar refractivity (Wildman–Crippen MR) is 75.4 cm³/mol. The van der Waals surface area contributed by atoms with Crippen LogP contribution in [0.1, 0.15) is 52.4 Å². The van der Waals surface area contributed by atoms with Crippen LogP contribution in [-0.2, 0) is 4.79 Å². The van der Waals surface area contributed by atoms with Crippen molar-refractivity contribution < 1.29 is 4.79 Å². The molecule has 0 aliphatic carbocycles. The molecule has 1 amide bonds. The molecule has 0 saturated carbocycles. The maximum absolute atomic E-state index is 11.5. The van der Waals surface area contributed by atoms with Crippen molar-refractivity contribution in [1.29, 1.82) is 0 Å². The summed E-state index contributed by atoms with van der Waals surface area (Å²) in [6.07, 6.45) is 7.24. The van der Waals surface area contributed by atoms with E-state index in [-0.39, 0.29) is 5.91 Å². The lowest BCUT2D eigenvalue weighted by Crippen LogP contribution is -2.54. The number of nitrogens with two attached hydrogens (primary N) is 1. The quantitative estimate of drug-likeness (QED) is 0.725. The summed E-state index contributed by atoms with van der Waals surface area (Å²) in [5, 5.41) is 3.06. The Labute approximate surface area is 111 Å². The van der Waals surface area contributed by atoms with Crippen molar-refractivity contribution in [1.82, 2.24) is 10.2 Å². The lowest BCUT2D eigenvalue weighted by Gasteiger charge is -2.38. The second kappa shape index (κ2) is 7.10. The average Bonchev–Trinajstić information content (AvgIpc) is 2.37. The molecule has 1 saturated heterocycles. The van der Waals surface area contributed by atoms with E-state index < -0.39 is 5.54 Å². The number of hydrogen-bond donors (Lipinski definition) is 2. The molecule has 4 nitrogen and oxygen atoms in total. The van der Waals surface area contributed by atoms with Gasteiger partial charge in [0.25, 0.3) is 0 Å². The number of likely N-dealkylation sites (N-methyl/N-ethyl adjacent to an activating group) is 1. The summed E-state index contributed by atoms with van der Waals surface area (Å²) in [7, 11) is 1.81. The zero-order chi connectivity index (χ0) is 13.6. The zero-order valence-corrected chi connectivity index (χ0v) is 12.2. The van der Waals surface area contributed by atoms with Crippen LogP contribution < -0.4 is 11.1 Å². The molecular formula is C14H29N3O. The van der Waals surface area contributed by atoms with E-state index in [1.165, 1.54) is 38.6 Å². The Bertz CT molecular complexity index is 268. The Morgan fingerprint density at radius 3 is 2.78 bits per heavy atom. The van der Waals surface area contributed by atoms with Crippen molar-refractivity contribution in [2.75, 3.05) is 20.1 Å². The zero-order valence-electron chi connectivity index (χ0n) is 12.2. The first-order valence-corrected chi connectivity index (χ1v) is 7.26. The molecule has 0 spiro atoms. The molecule has 0 bridgehead atoms. The summed E-state index contributed by atoms with van der Waals surface area (Å²) in [6.45, 7) is 6.27. The maximum atomic E-state index is 11.5. The average molecular weight is 255 g/mol. The highest BCUT2D eigenvalue weighted by Crippen LogP contribution is 2.22. The largest absolute Gasteiger partial charge is 0.368 e. The predicted octanol–water partition coefficient (Wildman–Crippen LogP) is 1.49. The highest BCUT2D eigenvalue weighted by atomic mass is 16.1. The van der Waals surface area contributed by atoms with Crippen LogP contribution in [-0.4, -0.2) is 42.5 Å². The fourth-order valence-electron chi connectivity index (χ4n) is 2.75. The third-order valence-electron chi connectivity index (χ3n) is 4.37. The molecule has 1 fully saturated rings. The SMILES string of the molecule is CCCC1CCCCN1CCC(C)(NC)C(N)=O. The van der Waals surface area contributed by atoms with Crippen LogP contribution in [0.15, 0.2) is 0 Å². The van der Waals surface area contributed by atoms with Gasteiger partial charge in [-0.1, -0.05) is 19.8 Å². The molecule has 4 heteroatoms. The summed E-state index contributed by atoms with van der Waals surface area (Å²) in [5.74, 6) is -0.256. The Morgan fingerprint density at radius 1 is 1.50 bits per heavy atom. The van der Waals surface area contributed by atoms with Crippen LogP contribution in [0, 0.1) is 0 Å². The second-order valence-electron chi connectivity index (χ2n) is 5.67. The number of primary amides is 1. The van der Waals surface area contributed by atoms with Gasteiger partial charge in [-0.2, -0.15) is 0 Å². The van der Waals surface area contributed by atoms with Crippen molar-refractivity contribution in [3.63, 3.8) is 0 Å². The summed E-state index contributed by atoms with van der Waals surface area (Å²) in [5.41, 5.74) is 4.90. The Kier molecular flexibility index (Phi) is 6.09. The first-order chi connectivity index (χ1) is 8.53. The Morgan fingerprint density at radius 2 is 2.22 bits per heavy atom. The molecule has 18 heavy (non-hydrogen) atoms. The third-order valence-corrected chi connectivity index (χ3v) is 4.37. The van der Waals surface area contributed by atoms with Crippen molar-refractivity contribution in [3.8, 4) is 0 Å². The highest BCUT2D eigenvalue weighted by molar-refractivity contribution is 5.84. The normalized spacial score (nSPS) is 24.7. The van der Waals surface area contributed by atoms with Crippen LogP contribution in [0.3, 0.4) is 0 Å². The molecule has 106 valence electrons. The number of carbonyl (C=O) groups excluding carboxylic acids is 1. The molecule has 0 aromatic carbocycles. The number of rotatable bonds is 7. The Hall–Kier alpha value is -0.610. The van der Waals surface area contributed by atoms with E-state index in [4.69, 9.17) is 5.73 Å². The van der Waals surface area contributed by atoms with Crippen LogP contribution in [0.25, 0.3) is 0 Å². The minimum atomic E-state index is -0.575. The van der Waals surface area contributed by atoms with Gasteiger partial charge in [-0.05, 0) is 46.2 Å². The van der Waals surface area contributed by atoms with Gasteiger partial charge in [0.15, 0.2) is 0 Å². The number of nitrogens with zero attached hydrogens (tertiary/aromatic N) is 1. The van der Waals surface area contributed by atoms with Crippen molar-refractivity contribution in [3.05, 3.63) is 0 Å². The Balaban J connectivity index is 2.51. The van der Waals surface area contributed by atoms with Gasteiger partial charge >= 0.3 is 0 Å². The smallest absolute Gasteiger partial charge is 0.237 e. The minimum absolute atomic E-state index is 0.256. The van der Waals surface area contributed by atoms with Gasteiger partial charge in [0.1, 0.15) is 0 Å². The molecule has 1 heterocycles. The minimum Gasteiger partial charge on any atom is -0.368 e. The molecule has 1 rings (SSSR count). The number of likely N-dealkylation sites (tertiary alicyclic amines) is 1. The molecule has 2 unspecified atom stereocenters. The van der Waals surface area contributed by atoms with Gasteiger partial charge in [-0.3, -0.25) is 4.79 Å². The lowest BCUT2D eigenvalue weighted by atomic mass is 9.93. The van der Waals surface area contributed by atoms with E-state index >= 15 is 0 Å². The summed E-state index contributed by atoms with van der Waals surface area (Å²) in [4.78, 5) is 14.0. The van der Waals surface area contributed by atoms with Crippen LogP contribution in [0.2, 0.25) is 0 Å². The number of amides is 1. The molecule has 0 aromatic rings. The van der Waals surface area contributed by atoms with Crippen molar-refractivity contribution >= 4 is 5.91 Å². The second-order valence-corrected chi connectivity index (χ2v) is 5.67. The van der Waals surface area contributed by atoms with E-state index in [1.807, 2.05) is 14.0 Å². The molecule has 3 N–H and O–H groups in total. The van der Waals surface area contributed by atoms with Gasteiger partial charge in [0.2, 0.25) is 5.91 Å². The first-order valence-electron chi connectivity index (χ1n) is 7.26. The highest BCUT2D eigenvalue weighted by Gasteiger charge is 2.31. The molecule has 2 atom stereocenters. The molecule has 0 radical (unpaired) electrons. The number of nitrogens with one attached hydrogen (secondary N) is 1. The van der Waals surface area contributed by atoms with Crippen molar-refractivity contribution in [2.24, 2.45) is 5.73 Å². The summed E-state index contributed by atoms with van der Waals surface area (Å²) < 4.78 is 0. The fourth-order valence-corrected chi connectivity index (χ4v) is 2.75. The number of hydrogen-bond acceptors (Lipinski definition) is 3. The topological polar surface area (TPSA) is 58.4 Å². The monoisotopic (exact) mass is 255 g/mol. The summed E-state index contributed by atoms with van der Waals surface area (Å²) >= 11 is 0. The maximum Gasteiger partial charge on any atom is 0.237 e. The van der Waals surface area contributed by atoms with Gasteiger partial charge in [-0.25, -0.2) is 0 Å². The van der Waals surface area contributed by atoms with Gasteiger partial charge in [0, 0.05) is 12.6 Å². The molecular weight excluding hydrogens is 226 g/mol. The molecule has 1 aliphatic rings. The van der Waals surface area contributed by atoms with Crippen molar-refractivity contribution in [2.45, 2.75) is 64.0 Å². The fraction of sp³-hybridized carbons (Fsp3) is 0.929. The van der Waals surface area contributed by atoms with E-state index in [0.717, 1.165) is 13.0 Å². The summed E-state index contributed by atoms with van der Waals surface area (Å²) in [6, 6.07) is 0.706. The van der Waals surface area contributed by atoms with Crippen LogP contribution in [0.4, 0.5) is 0 Å². The van der Waals surface area contributed by atoms with E-state index in [0.29, 0.717) is 6.04 Å². The van der Waals surface area contributed by atoms with Gasteiger partial charge < -0.3 is 16.0 Å². The number of piperidine rings is 1. The third kappa shape index (κ3) is 3.95. The molecule has 1 aliphatic heterocycles. The van der Waals surface area contributed by atoms with Gasteiger partial charge in [0.05, 0.1) is 5.54 Å². The first kappa shape index (κ1) is 15.4. The van der Waals surface area contributed by atoms with Crippen LogP contribution >= 0.6 is 0 Å². The standard InChI is InChI=1S/C14H29N3O/c1-4-7-12-8-5-6-10-17(12)11-9-14(2,16-3)13(15)18/h12,16H,4-11H2,1-3H3,(H2,15,18). The van der Waals surface area contributed by atoms with E-state index in [9.17, 15) is 4.79 Å². The van der Waals surface area contributed by atoms with Gasteiger partial charge in [-0.15, -0.1) is 0 Å². The number of carbonyl (C=O) groups is 1. The molecule has 0 aromatic heterocycles. The van der Waals surface area contributed by atoms with E-state index in [2.05, 4.69) is 17.1 Å². The van der Waals surface area contributed by atoms with E-state index in [1.54, 1.807) is 0 Å². The lowest BCUT2D eigenvalue weighted by molar-refractivity contribution is -0.124.